The van der Waals surface area contributed by atoms with Crippen molar-refractivity contribution < 1.29 is 18.0 Å². The van der Waals surface area contributed by atoms with Gasteiger partial charge in [0.2, 0.25) is 0 Å². The number of hydrogen-bond donors (Lipinski definition) is 0. The van der Waals surface area contributed by atoms with Crippen molar-refractivity contribution in [2.45, 2.75) is 6.43 Å². The number of nitrogens with zero attached hydrogens (tertiary/aromatic N) is 1. The molecule has 0 saturated carbocycles. The minimum Gasteiger partial charge on any atom is -0.275 e. The zero-order valence-electron chi connectivity index (χ0n) is 6.40. The molecule has 0 spiro atoms. The SMILES string of the molecule is O=C(Cl)c1cc(C(F)F)nc(Br)c1F. The number of halogens is 5. The van der Waals surface area contributed by atoms with Crippen LogP contribution in [0.3, 0.4) is 0 Å². The Morgan fingerprint density at radius 3 is 2.57 bits per heavy atom. The summed E-state index contributed by atoms with van der Waals surface area (Å²) in [5.74, 6) is -1.05. The molecule has 2 nitrogen and oxygen atoms in total. The number of pyridine rings is 1. The van der Waals surface area contributed by atoms with Crippen LogP contribution in [-0.2, 0) is 0 Å². The predicted molar refractivity (Wildman–Crippen MR) is 47.0 cm³/mol. The molecule has 0 bridgehead atoms. The Morgan fingerprint density at radius 1 is 1.57 bits per heavy atom. The average Bonchev–Trinajstić information content (AvgIpc) is 2.08. The van der Waals surface area contributed by atoms with Gasteiger partial charge in [-0.1, -0.05) is 0 Å². The van der Waals surface area contributed by atoms with Gasteiger partial charge < -0.3 is 0 Å². The number of carbonyl (C=O) groups is 1. The Morgan fingerprint density at radius 2 is 2.14 bits per heavy atom. The molecule has 76 valence electrons. The van der Waals surface area contributed by atoms with Gasteiger partial charge >= 0.3 is 0 Å². The van der Waals surface area contributed by atoms with E-state index in [1.54, 1.807) is 0 Å². The van der Waals surface area contributed by atoms with Gasteiger partial charge in [-0.25, -0.2) is 18.2 Å². The second kappa shape index (κ2) is 4.27. The van der Waals surface area contributed by atoms with E-state index in [2.05, 4.69) is 20.9 Å². The molecule has 0 fully saturated rings. The minimum absolute atomic E-state index is 0.459. The van der Waals surface area contributed by atoms with Crippen LogP contribution >= 0.6 is 27.5 Å². The van der Waals surface area contributed by atoms with E-state index in [0.717, 1.165) is 0 Å². The van der Waals surface area contributed by atoms with Gasteiger partial charge in [-0.15, -0.1) is 0 Å². The molecular formula is C7H2BrClF3NO. The van der Waals surface area contributed by atoms with Crippen molar-refractivity contribution in [2.24, 2.45) is 0 Å². The number of aromatic nitrogens is 1. The Kier molecular flexibility index (Phi) is 3.49. The van der Waals surface area contributed by atoms with E-state index in [9.17, 15) is 18.0 Å². The van der Waals surface area contributed by atoms with Crippen molar-refractivity contribution in [3.63, 3.8) is 0 Å². The molecule has 1 heterocycles. The van der Waals surface area contributed by atoms with Gasteiger partial charge in [-0.2, -0.15) is 0 Å². The first kappa shape index (κ1) is 11.5. The summed E-state index contributed by atoms with van der Waals surface area (Å²) in [4.78, 5) is 13.8. The summed E-state index contributed by atoms with van der Waals surface area (Å²) in [7, 11) is 0. The first-order chi connectivity index (χ1) is 6.43. The van der Waals surface area contributed by atoms with Gasteiger partial charge in [0.05, 0.1) is 5.56 Å². The monoisotopic (exact) mass is 287 g/mol. The van der Waals surface area contributed by atoms with E-state index >= 15 is 0 Å². The molecule has 0 amide bonds. The fraction of sp³-hybridized carbons (Fsp3) is 0.143. The molecule has 1 aromatic rings. The summed E-state index contributed by atoms with van der Waals surface area (Å²) in [6.07, 6.45) is -2.89. The molecule has 0 N–H and O–H groups in total. The van der Waals surface area contributed by atoms with E-state index in [0.29, 0.717) is 6.07 Å². The maximum atomic E-state index is 13.0. The van der Waals surface area contributed by atoms with Crippen LogP contribution in [0.1, 0.15) is 22.5 Å². The topological polar surface area (TPSA) is 30.0 Å². The summed E-state index contributed by atoms with van der Waals surface area (Å²) in [5.41, 5.74) is -1.33. The molecule has 0 aliphatic rings. The van der Waals surface area contributed by atoms with Crippen LogP contribution in [0.4, 0.5) is 13.2 Å². The lowest BCUT2D eigenvalue weighted by molar-refractivity contribution is 0.107. The molecule has 0 aromatic carbocycles. The molecule has 0 unspecified atom stereocenters. The summed E-state index contributed by atoms with van der Waals surface area (Å²) >= 11 is 7.59. The average molecular weight is 288 g/mol. The molecule has 0 saturated heterocycles. The van der Waals surface area contributed by atoms with Crippen LogP contribution in [0.5, 0.6) is 0 Å². The summed E-state index contributed by atoms with van der Waals surface area (Å²) in [5, 5.41) is -1.15. The molecule has 0 radical (unpaired) electrons. The molecule has 14 heavy (non-hydrogen) atoms. The Balaban J connectivity index is 3.35. The zero-order chi connectivity index (χ0) is 10.9. The van der Waals surface area contributed by atoms with Gasteiger partial charge in [0.15, 0.2) is 5.82 Å². The van der Waals surface area contributed by atoms with E-state index in [1.807, 2.05) is 0 Å². The van der Waals surface area contributed by atoms with Crippen molar-refractivity contribution in [1.29, 1.82) is 0 Å². The van der Waals surface area contributed by atoms with Crippen LogP contribution in [-0.4, -0.2) is 10.2 Å². The maximum absolute atomic E-state index is 13.0. The Labute approximate surface area is 90.2 Å². The van der Waals surface area contributed by atoms with E-state index < -0.39 is 33.3 Å². The quantitative estimate of drug-likeness (QED) is 0.617. The second-order valence-corrected chi connectivity index (χ2v) is 3.37. The lowest BCUT2D eigenvalue weighted by Crippen LogP contribution is -2.02. The number of carbonyl (C=O) groups excluding carboxylic acids is 1. The zero-order valence-corrected chi connectivity index (χ0v) is 8.74. The first-order valence-electron chi connectivity index (χ1n) is 3.27. The van der Waals surface area contributed by atoms with E-state index in [1.165, 1.54) is 0 Å². The van der Waals surface area contributed by atoms with Crippen LogP contribution in [0.25, 0.3) is 0 Å². The first-order valence-corrected chi connectivity index (χ1v) is 4.44. The van der Waals surface area contributed by atoms with Crippen molar-refractivity contribution >= 4 is 32.8 Å². The van der Waals surface area contributed by atoms with Crippen LogP contribution in [0.15, 0.2) is 10.7 Å². The van der Waals surface area contributed by atoms with Crippen molar-refractivity contribution in [1.82, 2.24) is 4.98 Å². The maximum Gasteiger partial charge on any atom is 0.280 e. The predicted octanol–water partition coefficient (Wildman–Crippen LogP) is 3.30. The van der Waals surface area contributed by atoms with Crippen LogP contribution in [0.2, 0.25) is 0 Å². The lowest BCUT2D eigenvalue weighted by Gasteiger charge is -2.03. The smallest absolute Gasteiger partial charge is 0.275 e. The van der Waals surface area contributed by atoms with Gasteiger partial charge in [0.1, 0.15) is 10.3 Å². The fourth-order valence-corrected chi connectivity index (χ4v) is 1.33. The van der Waals surface area contributed by atoms with Crippen molar-refractivity contribution in [3.8, 4) is 0 Å². The number of hydrogen-bond acceptors (Lipinski definition) is 2. The Hall–Kier alpha value is -0.620. The second-order valence-electron chi connectivity index (χ2n) is 2.27. The van der Waals surface area contributed by atoms with Gasteiger partial charge in [0.25, 0.3) is 11.7 Å². The summed E-state index contributed by atoms with van der Waals surface area (Å²) in [6, 6.07) is 0.625. The highest BCUT2D eigenvalue weighted by Crippen LogP contribution is 2.24. The third-order valence-corrected chi connectivity index (χ3v) is 2.10. The summed E-state index contributed by atoms with van der Waals surface area (Å²) < 4.78 is 36.9. The Bertz CT molecular complexity index is 385. The van der Waals surface area contributed by atoms with Crippen LogP contribution < -0.4 is 0 Å². The van der Waals surface area contributed by atoms with Gasteiger partial charge in [0, 0.05) is 0 Å². The molecule has 0 aliphatic carbocycles. The fourth-order valence-electron chi connectivity index (χ4n) is 0.772. The third-order valence-electron chi connectivity index (χ3n) is 1.37. The molecule has 1 aromatic heterocycles. The van der Waals surface area contributed by atoms with Crippen LogP contribution in [0, 0.1) is 5.82 Å². The highest BCUT2D eigenvalue weighted by atomic mass is 79.9. The van der Waals surface area contributed by atoms with Crippen molar-refractivity contribution in [3.05, 3.63) is 27.7 Å². The van der Waals surface area contributed by atoms with Gasteiger partial charge in [-0.3, -0.25) is 4.79 Å². The van der Waals surface area contributed by atoms with Gasteiger partial charge in [-0.05, 0) is 33.6 Å². The highest BCUT2D eigenvalue weighted by molar-refractivity contribution is 9.10. The molecule has 7 heteroatoms. The normalized spacial score (nSPS) is 10.7. The molecular weight excluding hydrogens is 286 g/mol. The molecule has 0 aliphatic heterocycles. The molecule has 1 rings (SSSR count). The largest absolute Gasteiger partial charge is 0.280 e. The number of rotatable bonds is 2. The van der Waals surface area contributed by atoms with E-state index in [4.69, 9.17) is 11.6 Å². The third kappa shape index (κ3) is 2.24. The number of alkyl halides is 2. The summed E-state index contributed by atoms with van der Waals surface area (Å²) in [6.45, 7) is 0. The standard InChI is InChI=1S/C7H2BrClF3NO/c8-5-4(10)2(6(9)14)1-3(13-5)7(11)12/h1,7H. The molecule has 0 atom stereocenters. The van der Waals surface area contributed by atoms with E-state index in [-0.39, 0.29) is 0 Å². The minimum atomic E-state index is -2.89. The van der Waals surface area contributed by atoms with Crippen molar-refractivity contribution in [2.75, 3.05) is 0 Å². The highest BCUT2D eigenvalue weighted by Gasteiger charge is 2.19. The lowest BCUT2D eigenvalue weighted by atomic mass is 10.2.